The topological polar surface area (TPSA) is 28.1 Å². The smallest absolute Gasteiger partial charge is 0.0625 e. The number of aromatic nitrogens is 1. The molecule has 2 nitrogen and oxygen atoms in total. The van der Waals surface area contributed by atoms with Gasteiger partial charge in [0.2, 0.25) is 0 Å². The molecule has 2 aromatic rings. The van der Waals surface area contributed by atoms with E-state index in [0.717, 1.165) is 46.7 Å². The van der Waals surface area contributed by atoms with Crippen molar-refractivity contribution in [3.63, 3.8) is 0 Å². The van der Waals surface area contributed by atoms with Crippen molar-refractivity contribution in [3.8, 4) is 0 Å². The van der Waals surface area contributed by atoms with Crippen LogP contribution in [0.25, 0.3) is 10.9 Å². The molecule has 1 N–H and O–H groups in total. The number of H-pyrrole nitrogens is 1. The third-order valence-electron chi connectivity index (χ3n) is 3.65. The fourth-order valence-corrected chi connectivity index (χ4v) is 2.99. The number of hydrogen-bond acceptors (Lipinski definition) is 1. The molecule has 0 radical (unpaired) electrons. The number of nitrogens with one attached hydrogen (secondary N) is 1. The standard InChI is InChI=1S/C16H16Cl2N2/c1-10-4-11(9-19-10)2-3-12-7-16-13(6-15(12)18)5-14(8-17)20-16/h4-7,20H,2-3,8-9H2,1H3. The van der Waals surface area contributed by atoms with Gasteiger partial charge in [-0.2, -0.15) is 0 Å². The number of nitrogens with zero attached hydrogens (tertiary/aromatic N) is 1. The maximum absolute atomic E-state index is 6.37. The molecule has 104 valence electrons. The monoisotopic (exact) mass is 306 g/mol. The quantitative estimate of drug-likeness (QED) is 0.779. The average molecular weight is 307 g/mol. The van der Waals surface area contributed by atoms with Gasteiger partial charge in [0.25, 0.3) is 0 Å². The normalized spacial score (nSPS) is 14.8. The Morgan fingerprint density at radius 1 is 1.25 bits per heavy atom. The molecule has 0 saturated heterocycles. The molecule has 2 heterocycles. The third-order valence-corrected chi connectivity index (χ3v) is 4.29. The van der Waals surface area contributed by atoms with Crippen molar-refractivity contribution < 1.29 is 0 Å². The number of aromatic amines is 1. The van der Waals surface area contributed by atoms with Crippen LogP contribution in [-0.2, 0) is 12.3 Å². The van der Waals surface area contributed by atoms with Crippen LogP contribution in [0.1, 0.15) is 24.6 Å². The van der Waals surface area contributed by atoms with E-state index < -0.39 is 0 Å². The molecular weight excluding hydrogens is 291 g/mol. The van der Waals surface area contributed by atoms with Crippen LogP contribution in [0.4, 0.5) is 0 Å². The Morgan fingerprint density at radius 3 is 2.80 bits per heavy atom. The molecule has 1 aliphatic heterocycles. The van der Waals surface area contributed by atoms with E-state index in [4.69, 9.17) is 23.2 Å². The zero-order valence-electron chi connectivity index (χ0n) is 11.3. The Kier molecular flexibility index (Phi) is 3.86. The average Bonchev–Trinajstić information content (AvgIpc) is 3.01. The van der Waals surface area contributed by atoms with Crippen LogP contribution in [0.3, 0.4) is 0 Å². The van der Waals surface area contributed by atoms with Crippen LogP contribution in [-0.4, -0.2) is 17.2 Å². The SMILES string of the molecule is CC1=NCC(CCc2cc3[nH]c(CCl)cc3cc2Cl)=C1. The maximum atomic E-state index is 6.37. The molecule has 0 amide bonds. The predicted molar refractivity (Wildman–Crippen MR) is 87.2 cm³/mol. The summed E-state index contributed by atoms with van der Waals surface area (Å²) in [5, 5.41) is 1.95. The van der Waals surface area contributed by atoms with Crippen molar-refractivity contribution in [2.75, 3.05) is 6.54 Å². The van der Waals surface area contributed by atoms with Crippen LogP contribution in [0, 0.1) is 0 Å². The van der Waals surface area contributed by atoms with Gasteiger partial charge in [-0.25, -0.2) is 0 Å². The molecule has 0 spiro atoms. The summed E-state index contributed by atoms with van der Waals surface area (Å²) in [5.41, 5.74) is 5.81. The van der Waals surface area contributed by atoms with E-state index in [9.17, 15) is 0 Å². The number of hydrogen-bond donors (Lipinski definition) is 1. The highest BCUT2D eigenvalue weighted by molar-refractivity contribution is 6.32. The van der Waals surface area contributed by atoms with E-state index in [1.165, 1.54) is 11.1 Å². The van der Waals surface area contributed by atoms with Gasteiger partial charge in [0.15, 0.2) is 0 Å². The number of allylic oxidation sites excluding steroid dienone is 1. The van der Waals surface area contributed by atoms with Crippen LogP contribution in [0.5, 0.6) is 0 Å². The summed E-state index contributed by atoms with van der Waals surface area (Å²) >= 11 is 12.2. The van der Waals surface area contributed by atoms with Crippen molar-refractivity contribution in [1.29, 1.82) is 0 Å². The van der Waals surface area contributed by atoms with Gasteiger partial charge in [-0.15, -0.1) is 11.6 Å². The minimum atomic E-state index is 0.491. The lowest BCUT2D eigenvalue weighted by atomic mass is 10.0. The van der Waals surface area contributed by atoms with Gasteiger partial charge in [-0.1, -0.05) is 11.6 Å². The molecule has 0 saturated carbocycles. The molecule has 0 aliphatic carbocycles. The van der Waals surface area contributed by atoms with Crippen LogP contribution >= 0.6 is 23.2 Å². The molecule has 1 aliphatic rings. The Morgan fingerprint density at radius 2 is 2.10 bits per heavy atom. The fourth-order valence-electron chi connectivity index (χ4n) is 2.58. The zero-order chi connectivity index (χ0) is 14.1. The van der Waals surface area contributed by atoms with Gasteiger partial charge in [-0.05, 0) is 55.2 Å². The van der Waals surface area contributed by atoms with Crippen LogP contribution in [0.15, 0.2) is 34.8 Å². The van der Waals surface area contributed by atoms with E-state index in [2.05, 4.69) is 28.2 Å². The Labute approximate surface area is 128 Å². The molecule has 1 aromatic carbocycles. The molecule has 0 bridgehead atoms. The first-order valence-electron chi connectivity index (χ1n) is 6.72. The predicted octanol–water partition coefficient (Wildman–Crippen LogP) is 4.89. The van der Waals surface area contributed by atoms with Gasteiger partial charge in [0.05, 0.1) is 12.4 Å². The van der Waals surface area contributed by atoms with Crippen molar-refractivity contribution in [2.45, 2.75) is 25.6 Å². The van der Waals surface area contributed by atoms with Gasteiger partial charge in [-0.3, -0.25) is 4.99 Å². The summed E-state index contributed by atoms with van der Waals surface area (Å²) < 4.78 is 0. The number of rotatable bonds is 4. The van der Waals surface area contributed by atoms with E-state index in [1.54, 1.807) is 0 Å². The summed E-state index contributed by atoms with van der Waals surface area (Å²) in [4.78, 5) is 7.71. The Hall–Kier alpha value is -1.25. The van der Waals surface area contributed by atoms with Crippen molar-refractivity contribution in [2.24, 2.45) is 4.99 Å². The summed E-state index contributed by atoms with van der Waals surface area (Å²) in [5.74, 6) is 0.491. The lowest BCUT2D eigenvalue weighted by Gasteiger charge is -2.05. The fraction of sp³-hybridized carbons (Fsp3) is 0.312. The summed E-state index contributed by atoms with van der Waals surface area (Å²) in [6.07, 6.45) is 4.13. The van der Waals surface area contributed by atoms with E-state index in [0.29, 0.717) is 5.88 Å². The molecule has 20 heavy (non-hydrogen) atoms. The number of aryl methyl sites for hydroxylation is 1. The van der Waals surface area contributed by atoms with E-state index in [-0.39, 0.29) is 0 Å². The molecule has 3 rings (SSSR count). The summed E-state index contributed by atoms with van der Waals surface area (Å²) in [7, 11) is 0. The number of benzene rings is 1. The van der Waals surface area contributed by atoms with Gasteiger partial charge in [0, 0.05) is 27.3 Å². The first-order valence-corrected chi connectivity index (χ1v) is 7.63. The largest absolute Gasteiger partial charge is 0.357 e. The highest BCUT2D eigenvalue weighted by Gasteiger charge is 2.09. The summed E-state index contributed by atoms with van der Waals surface area (Å²) in [6.45, 7) is 2.88. The lowest BCUT2D eigenvalue weighted by Crippen LogP contribution is -1.92. The Balaban J connectivity index is 1.80. The molecule has 0 fully saturated rings. The number of fused-ring (bicyclic) bond motifs is 1. The molecule has 4 heteroatoms. The van der Waals surface area contributed by atoms with Crippen molar-refractivity contribution in [3.05, 3.63) is 46.1 Å². The zero-order valence-corrected chi connectivity index (χ0v) is 12.9. The molecular formula is C16H16Cl2N2. The summed E-state index contributed by atoms with van der Waals surface area (Å²) in [6, 6.07) is 6.20. The second-order valence-corrected chi connectivity index (χ2v) is 5.89. The molecule has 1 aromatic heterocycles. The number of aliphatic imine (C=N–C) groups is 1. The molecule has 0 atom stereocenters. The van der Waals surface area contributed by atoms with Gasteiger partial charge in [0.1, 0.15) is 0 Å². The van der Waals surface area contributed by atoms with Gasteiger partial charge < -0.3 is 4.98 Å². The minimum Gasteiger partial charge on any atom is -0.357 e. The second-order valence-electron chi connectivity index (χ2n) is 5.22. The number of alkyl halides is 1. The number of halogens is 2. The maximum Gasteiger partial charge on any atom is 0.0625 e. The van der Waals surface area contributed by atoms with Crippen molar-refractivity contribution in [1.82, 2.24) is 4.98 Å². The minimum absolute atomic E-state index is 0.491. The highest BCUT2D eigenvalue weighted by Crippen LogP contribution is 2.27. The van der Waals surface area contributed by atoms with Crippen molar-refractivity contribution >= 4 is 39.8 Å². The van der Waals surface area contributed by atoms with Crippen LogP contribution < -0.4 is 0 Å². The lowest BCUT2D eigenvalue weighted by molar-refractivity contribution is 0.917. The molecule has 0 unspecified atom stereocenters. The third kappa shape index (κ3) is 2.77. The highest BCUT2D eigenvalue weighted by atomic mass is 35.5. The first-order chi connectivity index (χ1) is 9.65. The van der Waals surface area contributed by atoms with E-state index >= 15 is 0 Å². The second kappa shape index (κ2) is 5.63. The first kappa shape index (κ1) is 13.7. The van der Waals surface area contributed by atoms with Crippen LogP contribution in [0.2, 0.25) is 5.02 Å². The Bertz CT molecular complexity index is 711. The van der Waals surface area contributed by atoms with Gasteiger partial charge >= 0.3 is 0 Å². The van der Waals surface area contributed by atoms with E-state index in [1.807, 2.05) is 13.0 Å².